The van der Waals surface area contributed by atoms with Gasteiger partial charge in [0.05, 0.1) is 5.92 Å². The van der Waals surface area contributed by atoms with Crippen molar-refractivity contribution in [2.24, 2.45) is 5.73 Å². The Morgan fingerprint density at radius 2 is 2.26 bits per heavy atom. The van der Waals surface area contributed by atoms with Crippen LogP contribution in [0.25, 0.3) is 0 Å². The maximum atomic E-state index is 9.76. The van der Waals surface area contributed by atoms with Crippen molar-refractivity contribution >= 4 is 0 Å². The number of nitrogens with zero attached hydrogens (tertiary/aromatic N) is 2. The molecule has 1 unspecified atom stereocenters. The summed E-state index contributed by atoms with van der Waals surface area (Å²) in [6.07, 6.45) is -0.400. The van der Waals surface area contributed by atoms with Crippen molar-refractivity contribution in [1.29, 1.82) is 0 Å². The number of benzene rings is 1. The molecule has 6 heteroatoms. The third-order valence-electron chi connectivity index (χ3n) is 3.19. The predicted molar refractivity (Wildman–Crippen MR) is 66.7 cm³/mol. The molecule has 1 aromatic carbocycles. The van der Waals surface area contributed by atoms with Crippen molar-refractivity contribution in [2.75, 3.05) is 13.2 Å². The van der Waals surface area contributed by atoms with Crippen LogP contribution in [-0.4, -0.2) is 28.4 Å². The van der Waals surface area contributed by atoms with Gasteiger partial charge in [-0.2, -0.15) is 4.98 Å². The summed E-state index contributed by atoms with van der Waals surface area (Å²) in [7, 11) is 0. The first-order valence-electron chi connectivity index (χ1n) is 6.23. The summed E-state index contributed by atoms with van der Waals surface area (Å²) in [5.41, 5.74) is 6.43. The van der Waals surface area contributed by atoms with Crippen molar-refractivity contribution in [2.45, 2.75) is 18.4 Å². The summed E-state index contributed by atoms with van der Waals surface area (Å²) in [6, 6.07) is 7.78. The lowest BCUT2D eigenvalue weighted by atomic mass is 10.0. The molecule has 2 heterocycles. The molecule has 0 saturated carbocycles. The predicted octanol–water partition coefficient (Wildman–Crippen LogP) is 0.976. The average molecular weight is 261 g/mol. The second-order valence-corrected chi connectivity index (χ2v) is 4.49. The number of aliphatic hydroxyl groups is 1. The maximum Gasteiger partial charge on any atom is 0.255 e. The Labute approximate surface area is 110 Å². The summed E-state index contributed by atoms with van der Waals surface area (Å²) in [5.74, 6) is 1.56. The van der Waals surface area contributed by atoms with E-state index in [0.717, 1.165) is 11.3 Å². The number of hydrogen-bond donors (Lipinski definition) is 2. The van der Waals surface area contributed by atoms with Gasteiger partial charge in [0.15, 0.2) is 5.82 Å². The Morgan fingerprint density at radius 3 is 3.11 bits per heavy atom. The van der Waals surface area contributed by atoms with Gasteiger partial charge in [-0.25, -0.2) is 0 Å². The number of ether oxygens (including phenoxy) is 1. The van der Waals surface area contributed by atoms with Crippen molar-refractivity contribution in [3.8, 4) is 5.75 Å². The molecule has 0 fully saturated rings. The van der Waals surface area contributed by atoms with E-state index in [9.17, 15) is 5.11 Å². The molecule has 0 radical (unpaired) electrons. The Hall–Kier alpha value is -1.92. The van der Waals surface area contributed by atoms with Crippen LogP contribution in [0.4, 0.5) is 0 Å². The Kier molecular flexibility index (Phi) is 3.18. The van der Waals surface area contributed by atoms with Crippen LogP contribution in [0.5, 0.6) is 5.75 Å². The van der Waals surface area contributed by atoms with Gasteiger partial charge < -0.3 is 20.1 Å². The lowest BCUT2D eigenvalue weighted by Gasteiger charge is -2.03. The van der Waals surface area contributed by atoms with E-state index < -0.39 is 6.10 Å². The number of aliphatic hydroxyl groups excluding tert-OH is 1. The van der Waals surface area contributed by atoms with E-state index in [2.05, 4.69) is 10.1 Å². The van der Waals surface area contributed by atoms with Gasteiger partial charge in [-0.15, -0.1) is 0 Å². The second kappa shape index (κ2) is 4.99. The zero-order valence-electron chi connectivity index (χ0n) is 10.3. The Bertz CT molecular complexity index is 570. The lowest BCUT2D eigenvalue weighted by molar-refractivity contribution is 0.127. The van der Waals surface area contributed by atoms with Gasteiger partial charge in [0, 0.05) is 5.56 Å². The number of para-hydroxylation sites is 1. The molecule has 0 amide bonds. The number of rotatable bonds is 4. The van der Waals surface area contributed by atoms with E-state index in [0.29, 0.717) is 25.4 Å². The van der Waals surface area contributed by atoms with Gasteiger partial charge in [-0.3, -0.25) is 0 Å². The summed E-state index contributed by atoms with van der Waals surface area (Å²) >= 11 is 0. The minimum atomic E-state index is -0.802. The molecule has 3 N–H and O–H groups in total. The van der Waals surface area contributed by atoms with Gasteiger partial charge >= 0.3 is 0 Å². The fraction of sp³-hybridized carbons (Fsp3) is 0.385. The molecule has 0 bridgehead atoms. The third kappa shape index (κ3) is 2.20. The van der Waals surface area contributed by atoms with Crippen LogP contribution in [0.3, 0.4) is 0 Å². The summed E-state index contributed by atoms with van der Waals surface area (Å²) in [6.45, 7) is 0.861. The van der Waals surface area contributed by atoms with Gasteiger partial charge in [-0.1, -0.05) is 23.4 Å². The van der Waals surface area contributed by atoms with Gasteiger partial charge in [-0.05, 0) is 19.0 Å². The quantitative estimate of drug-likeness (QED) is 0.851. The molecule has 100 valence electrons. The highest BCUT2D eigenvalue weighted by molar-refractivity contribution is 5.42. The molecule has 19 heavy (non-hydrogen) atoms. The number of aromatic nitrogens is 2. The minimum absolute atomic E-state index is 0.0428. The van der Waals surface area contributed by atoms with Crippen LogP contribution >= 0.6 is 0 Å². The second-order valence-electron chi connectivity index (χ2n) is 4.49. The fourth-order valence-electron chi connectivity index (χ4n) is 2.18. The van der Waals surface area contributed by atoms with Crippen molar-refractivity contribution in [1.82, 2.24) is 10.1 Å². The molecular weight excluding hydrogens is 246 g/mol. The normalized spacial score (nSPS) is 18.9. The van der Waals surface area contributed by atoms with E-state index in [1.54, 1.807) is 0 Å². The average Bonchev–Trinajstić information content (AvgIpc) is 3.05. The topological polar surface area (TPSA) is 94.4 Å². The summed E-state index contributed by atoms with van der Waals surface area (Å²) in [5, 5.41) is 13.7. The number of fused-ring (bicyclic) bond motifs is 1. The molecule has 1 aliphatic rings. The lowest BCUT2D eigenvalue weighted by Crippen LogP contribution is -2.08. The van der Waals surface area contributed by atoms with Crippen molar-refractivity contribution in [3.05, 3.63) is 41.5 Å². The van der Waals surface area contributed by atoms with Crippen LogP contribution in [0, 0.1) is 0 Å². The molecule has 3 rings (SSSR count). The zero-order chi connectivity index (χ0) is 13.2. The van der Waals surface area contributed by atoms with E-state index >= 15 is 0 Å². The van der Waals surface area contributed by atoms with Crippen LogP contribution in [0.1, 0.15) is 35.7 Å². The van der Waals surface area contributed by atoms with Crippen LogP contribution in [0.15, 0.2) is 28.8 Å². The molecule has 2 atom stereocenters. The highest BCUT2D eigenvalue weighted by Gasteiger charge is 2.30. The highest BCUT2D eigenvalue weighted by Crippen LogP contribution is 2.36. The van der Waals surface area contributed by atoms with E-state index in [-0.39, 0.29) is 11.8 Å². The standard InChI is InChI=1S/C13H15N3O3/c14-6-5-10(17)13-15-12(16-19-13)9-7-18-11-4-2-1-3-8(9)11/h1-4,9-10,17H,5-7,14H2/t9?,10-/m0/s1. The SMILES string of the molecule is NCC[C@H](O)c1nc(C2COc3ccccc32)no1. The largest absolute Gasteiger partial charge is 0.492 e. The molecule has 6 nitrogen and oxygen atoms in total. The Morgan fingerprint density at radius 1 is 1.42 bits per heavy atom. The van der Waals surface area contributed by atoms with Crippen LogP contribution in [0.2, 0.25) is 0 Å². The first-order chi connectivity index (χ1) is 9.29. The monoisotopic (exact) mass is 261 g/mol. The van der Waals surface area contributed by atoms with Crippen molar-refractivity contribution < 1.29 is 14.4 Å². The summed E-state index contributed by atoms with van der Waals surface area (Å²) < 4.78 is 10.7. The highest BCUT2D eigenvalue weighted by atomic mass is 16.5. The number of hydrogen-bond acceptors (Lipinski definition) is 6. The van der Waals surface area contributed by atoms with Crippen LogP contribution in [-0.2, 0) is 0 Å². The van der Waals surface area contributed by atoms with E-state index in [4.69, 9.17) is 15.0 Å². The first kappa shape index (κ1) is 12.1. The molecular formula is C13H15N3O3. The van der Waals surface area contributed by atoms with Crippen LogP contribution < -0.4 is 10.5 Å². The Balaban J connectivity index is 1.85. The molecule has 2 aromatic rings. The molecule has 0 aliphatic carbocycles. The van der Waals surface area contributed by atoms with E-state index in [1.165, 1.54) is 0 Å². The minimum Gasteiger partial charge on any atom is -0.492 e. The molecule has 1 aliphatic heterocycles. The smallest absolute Gasteiger partial charge is 0.255 e. The fourth-order valence-corrected chi connectivity index (χ4v) is 2.18. The molecule has 0 saturated heterocycles. The third-order valence-corrected chi connectivity index (χ3v) is 3.19. The van der Waals surface area contributed by atoms with Gasteiger partial charge in [0.25, 0.3) is 5.89 Å². The summed E-state index contributed by atoms with van der Waals surface area (Å²) in [4.78, 5) is 4.25. The van der Waals surface area contributed by atoms with E-state index in [1.807, 2.05) is 24.3 Å². The maximum absolute atomic E-state index is 9.76. The van der Waals surface area contributed by atoms with Gasteiger partial charge in [0.1, 0.15) is 18.5 Å². The van der Waals surface area contributed by atoms with Gasteiger partial charge in [0.2, 0.25) is 0 Å². The first-order valence-corrected chi connectivity index (χ1v) is 6.23. The number of nitrogens with two attached hydrogens (primary N) is 1. The zero-order valence-corrected chi connectivity index (χ0v) is 10.3. The molecule has 1 aromatic heterocycles. The molecule has 0 spiro atoms. The van der Waals surface area contributed by atoms with Crippen molar-refractivity contribution in [3.63, 3.8) is 0 Å².